The van der Waals surface area contributed by atoms with Crippen LogP contribution >= 0.6 is 0 Å². The average Bonchev–Trinajstić information content (AvgIpc) is 2.64. The minimum atomic E-state index is -0.439. The summed E-state index contributed by atoms with van der Waals surface area (Å²) in [5, 5.41) is 14.0. The summed E-state index contributed by atoms with van der Waals surface area (Å²) in [5.41, 5.74) is 1.28. The molecule has 0 fully saturated rings. The molecule has 7 heteroatoms. The molecular formula is C18H13FN4O2. The van der Waals surface area contributed by atoms with Gasteiger partial charge >= 0.3 is 0 Å². The largest absolute Gasteiger partial charge is 0.507 e. The zero-order valence-electron chi connectivity index (χ0n) is 13.2. The van der Waals surface area contributed by atoms with Crippen molar-refractivity contribution >= 4 is 33.3 Å². The second-order valence-corrected chi connectivity index (χ2v) is 5.39. The Bertz CT molecular complexity index is 1100. The molecular weight excluding hydrogens is 323 g/mol. The number of phenols is 1. The van der Waals surface area contributed by atoms with Gasteiger partial charge in [0, 0.05) is 23.7 Å². The molecule has 2 N–H and O–H groups in total. The molecule has 0 saturated heterocycles. The van der Waals surface area contributed by atoms with Crippen LogP contribution in [-0.4, -0.2) is 27.2 Å². The number of aromatic nitrogens is 3. The van der Waals surface area contributed by atoms with E-state index in [9.17, 15) is 9.50 Å². The summed E-state index contributed by atoms with van der Waals surface area (Å²) in [7, 11) is 1.50. The van der Waals surface area contributed by atoms with Gasteiger partial charge in [-0.25, -0.2) is 14.4 Å². The maximum Gasteiger partial charge on any atom is 0.156 e. The van der Waals surface area contributed by atoms with Crippen molar-refractivity contribution in [2.75, 3.05) is 12.4 Å². The SMILES string of the molecule is COc1cc(O)c2c(Nc3ccc4ncccc4c3F)ncnc2c1. The number of rotatable bonds is 3. The van der Waals surface area contributed by atoms with Crippen molar-refractivity contribution in [2.45, 2.75) is 0 Å². The molecule has 124 valence electrons. The van der Waals surface area contributed by atoms with Gasteiger partial charge in [-0.2, -0.15) is 0 Å². The lowest BCUT2D eigenvalue weighted by Crippen LogP contribution is -1.99. The van der Waals surface area contributed by atoms with Crippen molar-refractivity contribution in [3.63, 3.8) is 0 Å². The maximum atomic E-state index is 14.7. The first kappa shape index (κ1) is 15.1. The highest BCUT2D eigenvalue weighted by molar-refractivity contribution is 5.97. The molecule has 0 radical (unpaired) electrons. The number of hydrogen-bond acceptors (Lipinski definition) is 6. The first-order valence-corrected chi connectivity index (χ1v) is 7.49. The van der Waals surface area contributed by atoms with E-state index in [0.29, 0.717) is 33.4 Å². The molecule has 0 aliphatic carbocycles. The number of fused-ring (bicyclic) bond motifs is 2. The summed E-state index contributed by atoms with van der Waals surface area (Å²) >= 11 is 0. The quantitative estimate of drug-likeness (QED) is 0.593. The zero-order valence-corrected chi connectivity index (χ0v) is 13.2. The van der Waals surface area contributed by atoms with E-state index in [1.807, 2.05) is 0 Å². The average molecular weight is 336 g/mol. The molecule has 0 unspecified atom stereocenters. The first-order chi connectivity index (χ1) is 12.2. The second-order valence-electron chi connectivity index (χ2n) is 5.39. The standard InChI is InChI=1S/C18H13FN4O2/c1-25-10-7-14-16(15(24)8-10)18(22-9-21-14)23-13-5-4-12-11(17(13)19)3-2-6-20-12/h2-9,24H,1H3,(H,21,22,23). The molecule has 2 heterocycles. The Morgan fingerprint density at radius 1 is 1.08 bits per heavy atom. The van der Waals surface area contributed by atoms with Crippen molar-refractivity contribution in [3.8, 4) is 11.5 Å². The van der Waals surface area contributed by atoms with E-state index in [1.54, 1.807) is 36.5 Å². The molecule has 2 aromatic carbocycles. The van der Waals surface area contributed by atoms with E-state index >= 15 is 0 Å². The van der Waals surface area contributed by atoms with Crippen LogP contribution in [0.3, 0.4) is 0 Å². The van der Waals surface area contributed by atoms with Gasteiger partial charge in [0.25, 0.3) is 0 Å². The molecule has 6 nitrogen and oxygen atoms in total. The van der Waals surface area contributed by atoms with E-state index in [-0.39, 0.29) is 11.4 Å². The molecule has 0 bridgehead atoms. The lowest BCUT2D eigenvalue weighted by atomic mass is 10.1. The van der Waals surface area contributed by atoms with Gasteiger partial charge in [0.2, 0.25) is 0 Å². The van der Waals surface area contributed by atoms with Crippen molar-refractivity contribution in [1.82, 2.24) is 15.0 Å². The minimum absolute atomic E-state index is 0.0553. The lowest BCUT2D eigenvalue weighted by Gasteiger charge is -2.12. The minimum Gasteiger partial charge on any atom is -0.507 e. The predicted octanol–water partition coefficient (Wildman–Crippen LogP) is 3.77. The molecule has 4 rings (SSSR count). The predicted molar refractivity (Wildman–Crippen MR) is 92.7 cm³/mol. The highest BCUT2D eigenvalue weighted by Gasteiger charge is 2.14. The van der Waals surface area contributed by atoms with E-state index in [2.05, 4.69) is 20.3 Å². The number of pyridine rings is 1. The van der Waals surface area contributed by atoms with Gasteiger partial charge in [-0.05, 0) is 24.3 Å². The van der Waals surface area contributed by atoms with Crippen LogP contribution in [0.1, 0.15) is 0 Å². The van der Waals surface area contributed by atoms with Gasteiger partial charge in [-0.15, -0.1) is 0 Å². The molecule has 0 atom stereocenters. The summed E-state index contributed by atoms with van der Waals surface area (Å²) in [6, 6.07) is 9.75. The monoisotopic (exact) mass is 336 g/mol. The molecule has 0 amide bonds. The highest BCUT2D eigenvalue weighted by Crippen LogP contribution is 2.35. The Balaban J connectivity index is 1.85. The van der Waals surface area contributed by atoms with Crippen molar-refractivity contribution < 1.29 is 14.2 Å². The van der Waals surface area contributed by atoms with Crippen LogP contribution in [0.15, 0.2) is 48.9 Å². The van der Waals surface area contributed by atoms with Crippen LogP contribution in [0.4, 0.5) is 15.9 Å². The van der Waals surface area contributed by atoms with Crippen LogP contribution < -0.4 is 10.1 Å². The van der Waals surface area contributed by atoms with Crippen LogP contribution in [-0.2, 0) is 0 Å². The molecule has 0 aliphatic heterocycles. The Labute approximate surface area is 141 Å². The number of benzene rings is 2. The summed E-state index contributed by atoms with van der Waals surface area (Å²) in [5.74, 6) is 0.274. The number of anilines is 2. The van der Waals surface area contributed by atoms with Crippen molar-refractivity contribution in [2.24, 2.45) is 0 Å². The van der Waals surface area contributed by atoms with Gasteiger partial charge in [0.15, 0.2) is 5.82 Å². The van der Waals surface area contributed by atoms with Crippen molar-refractivity contribution in [3.05, 3.63) is 54.7 Å². The highest BCUT2D eigenvalue weighted by atomic mass is 19.1. The molecule has 0 spiro atoms. The normalized spacial score (nSPS) is 11.0. The van der Waals surface area contributed by atoms with Crippen molar-refractivity contribution in [1.29, 1.82) is 0 Å². The number of nitrogens with one attached hydrogen (secondary N) is 1. The van der Waals surface area contributed by atoms with Gasteiger partial charge in [-0.3, -0.25) is 4.98 Å². The van der Waals surface area contributed by atoms with Crippen LogP contribution in [0.2, 0.25) is 0 Å². The maximum absolute atomic E-state index is 14.7. The fraction of sp³-hybridized carbons (Fsp3) is 0.0556. The lowest BCUT2D eigenvalue weighted by molar-refractivity contribution is 0.409. The Hall–Kier alpha value is -3.48. The summed E-state index contributed by atoms with van der Waals surface area (Å²) in [6.45, 7) is 0. The summed E-state index contributed by atoms with van der Waals surface area (Å²) in [4.78, 5) is 12.4. The third kappa shape index (κ3) is 2.55. The van der Waals surface area contributed by atoms with E-state index in [4.69, 9.17) is 4.74 Å². The van der Waals surface area contributed by atoms with E-state index < -0.39 is 5.82 Å². The van der Waals surface area contributed by atoms with Gasteiger partial charge in [-0.1, -0.05) is 0 Å². The molecule has 0 aliphatic rings. The van der Waals surface area contributed by atoms with E-state index in [0.717, 1.165) is 0 Å². The third-order valence-corrected chi connectivity index (χ3v) is 3.90. The summed E-state index contributed by atoms with van der Waals surface area (Å²) in [6.07, 6.45) is 2.95. The zero-order chi connectivity index (χ0) is 17.4. The number of hydrogen-bond donors (Lipinski definition) is 2. The number of aromatic hydroxyl groups is 1. The van der Waals surface area contributed by atoms with E-state index in [1.165, 1.54) is 19.5 Å². The van der Waals surface area contributed by atoms with Crippen LogP contribution in [0.5, 0.6) is 11.5 Å². The molecule has 2 aromatic heterocycles. The number of ether oxygens (including phenoxy) is 1. The van der Waals surface area contributed by atoms with Crippen LogP contribution in [0, 0.1) is 5.82 Å². The molecule has 0 saturated carbocycles. The van der Waals surface area contributed by atoms with Crippen LogP contribution in [0.25, 0.3) is 21.8 Å². The second kappa shape index (κ2) is 5.86. The Morgan fingerprint density at radius 2 is 1.96 bits per heavy atom. The van der Waals surface area contributed by atoms with Gasteiger partial charge in [0.1, 0.15) is 23.6 Å². The number of nitrogens with zero attached hydrogens (tertiary/aromatic N) is 3. The molecule has 4 aromatic rings. The van der Waals surface area contributed by atoms with Gasteiger partial charge < -0.3 is 15.2 Å². The first-order valence-electron chi connectivity index (χ1n) is 7.49. The fourth-order valence-corrected chi connectivity index (χ4v) is 2.70. The fourth-order valence-electron chi connectivity index (χ4n) is 2.70. The number of methoxy groups -OCH3 is 1. The number of phenolic OH excluding ortho intramolecular Hbond substituents is 1. The van der Waals surface area contributed by atoms with Gasteiger partial charge in [0.05, 0.1) is 29.2 Å². The summed E-state index contributed by atoms with van der Waals surface area (Å²) < 4.78 is 19.9. The smallest absolute Gasteiger partial charge is 0.156 e. The Kier molecular flexibility index (Phi) is 3.53. The Morgan fingerprint density at radius 3 is 2.80 bits per heavy atom. The topological polar surface area (TPSA) is 80.2 Å². The molecule has 25 heavy (non-hydrogen) atoms. The third-order valence-electron chi connectivity index (χ3n) is 3.90. The number of halogens is 1.